The molecule has 1 aliphatic heterocycles. The first-order chi connectivity index (χ1) is 9.82. The van der Waals surface area contributed by atoms with Crippen molar-refractivity contribution in [1.29, 1.82) is 0 Å². The van der Waals surface area contributed by atoms with Crippen molar-refractivity contribution in [3.8, 4) is 0 Å². The van der Waals surface area contributed by atoms with Gasteiger partial charge in [0.1, 0.15) is 5.69 Å². The number of hydrogen-bond donors (Lipinski definition) is 1. The molecule has 1 aliphatic rings. The third-order valence-corrected chi connectivity index (χ3v) is 3.72. The smallest absolute Gasteiger partial charge is 0.391 e. The summed E-state index contributed by atoms with van der Waals surface area (Å²) >= 11 is 0. The van der Waals surface area contributed by atoms with Gasteiger partial charge >= 0.3 is 6.18 Å². The molecule has 0 aliphatic carbocycles. The van der Waals surface area contributed by atoms with Crippen LogP contribution in [0.1, 0.15) is 18.4 Å². The van der Waals surface area contributed by atoms with Crippen molar-refractivity contribution >= 4 is 11.4 Å². The Labute approximate surface area is 119 Å². The van der Waals surface area contributed by atoms with Gasteiger partial charge in [-0.15, -0.1) is 0 Å². The van der Waals surface area contributed by atoms with Crippen molar-refractivity contribution in [3.05, 3.63) is 33.9 Å². The van der Waals surface area contributed by atoms with E-state index in [1.54, 1.807) is 4.90 Å². The number of piperidine rings is 1. The van der Waals surface area contributed by atoms with Gasteiger partial charge in [-0.2, -0.15) is 13.2 Å². The van der Waals surface area contributed by atoms with E-state index >= 15 is 0 Å². The molecule has 0 amide bonds. The molecule has 0 spiro atoms. The molecule has 1 heterocycles. The molecule has 0 bridgehead atoms. The maximum Gasteiger partial charge on any atom is 0.391 e. The Morgan fingerprint density at radius 3 is 2.43 bits per heavy atom. The average molecular weight is 304 g/mol. The molecule has 21 heavy (non-hydrogen) atoms. The number of aliphatic hydroxyl groups is 1. The van der Waals surface area contributed by atoms with E-state index in [9.17, 15) is 23.3 Å². The first kappa shape index (κ1) is 15.6. The zero-order chi connectivity index (χ0) is 15.6. The molecule has 8 heteroatoms. The summed E-state index contributed by atoms with van der Waals surface area (Å²) in [4.78, 5) is 12.0. The molecule has 2 rings (SSSR count). The highest BCUT2D eigenvalue weighted by Crippen LogP contribution is 2.37. The summed E-state index contributed by atoms with van der Waals surface area (Å²) < 4.78 is 37.9. The van der Waals surface area contributed by atoms with E-state index in [4.69, 9.17) is 5.11 Å². The third kappa shape index (κ3) is 3.44. The van der Waals surface area contributed by atoms with Crippen LogP contribution in [0.5, 0.6) is 0 Å². The molecule has 0 radical (unpaired) electrons. The van der Waals surface area contributed by atoms with Crippen LogP contribution in [0.3, 0.4) is 0 Å². The fraction of sp³-hybridized carbons (Fsp3) is 0.538. The van der Waals surface area contributed by atoms with Gasteiger partial charge in [-0.3, -0.25) is 10.1 Å². The van der Waals surface area contributed by atoms with Gasteiger partial charge in [-0.05, 0) is 30.5 Å². The highest BCUT2D eigenvalue weighted by Gasteiger charge is 2.41. The van der Waals surface area contributed by atoms with Crippen LogP contribution in [0.2, 0.25) is 0 Å². The Balaban J connectivity index is 2.21. The van der Waals surface area contributed by atoms with Crippen LogP contribution in [0, 0.1) is 16.0 Å². The van der Waals surface area contributed by atoms with Gasteiger partial charge in [-0.25, -0.2) is 0 Å². The van der Waals surface area contributed by atoms with Crippen molar-refractivity contribution in [1.82, 2.24) is 0 Å². The first-order valence-electron chi connectivity index (χ1n) is 6.52. The molecule has 0 aromatic heterocycles. The van der Waals surface area contributed by atoms with E-state index in [1.165, 1.54) is 18.2 Å². The van der Waals surface area contributed by atoms with Crippen LogP contribution in [0.15, 0.2) is 18.2 Å². The molecule has 5 nitrogen and oxygen atoms in total. The molecular formula is C13H15F3N2O3. The van der Waals surface area contributed by atoms with Gasteiger partial charge in [0, 0.05) is 19.2 Å². The SMILES string of the molecule is O=[N+]([O-])c1ccc(CO)cc1N1CCC(C(F)(F)F)CC1. The van der Waals surface area contributed by atoms with Crippen LogP contribution in [-0.2, 0) is 6.61 Å². The van der Waals surface area contributed by atoms with Gasteiger partial charge in [0.05, 0.1) is 17.4 Å². The van der Waals surface area contributed by atoms with Gasteiger partial charge < -0.3 is 10.0 Å². The number of aliphatic hydroxyl groups excluding tert-OH is 1. The fourth-order valence-electron chi connectivity index (χ4n) is 2.52. The van der Waals surface area contributed by atoms with E-state index < -0.39 is 17.0 Å². The maximum atomic E-state index is 12.6. The van der Waals surface area contributed by atoms with Crippen molar-refractivity contribution < 1.29 is 23.2 Å². The summed E-state index contributed by atoms with van der Waals surface area (Å²) in [6.07, 6.45) is -4.38. The van der Waals surface area contributed by atoms with Crippen LogP contribution in [0.4, 0.5) is 24.5 Å². The predicted molar refractivity (Wildman–Crippen MR) is 70.0 cm³/mol. The molecule has 1 aromatic carbocycles. The van der Waals surface area contributed by atoms with Crippen LogP contribution < -0.4 is 4.90 Å². The van der Waals surface area contributed by atoms with Gasteiger partial charge in [0.2, 0.25) is 0 Å². The first-order valence-corrected chi connectivity index (χ1v) is 6.52. The summed E-state index contributed by atoms with van der Waals surface area (Å²) in [6.45, 7) is -0.0518. The zero-order valence-electron chi connectivity index (χ0n) is 11.1. The molecule has 0 atom stereocenters. The zero-order valence-corrected chi connectivity index (χ0v) is 11.1. The second-order valence-corrected chi connectivity index (χ2v) is 5.04. The molecule has 1 fully saturated rings. The van der Waals surface area contributed by atoms with E-state index in [-0.39, 0.29) is 43.9 Å². The quantitative estimate of drug-likeness (QED) is 0.689. The Hall–Kier alpha value is -1.83. The Bertz CT molecular complexity index is 526. The van der Waals surface area contributed by atoms with Crippen molar-refractivity contribution in [2.24, 2.45) is 5.92 Å². The second-order valence-electron chi connectivity index (χ2n) is 5.04. The molecule has 1 saturated heterocycles. The lowest BCUT2D eigenvalue weighted by atomic mass is 9.95. The second kappa shape index (κ2) is 5.88. The van der Waals surface area contributed by atoms with Gasteiger partial charge in [0.15, 0.2) is 0 Å². The number of alkyl halides is 3. The van der Waals surface area contributed by atoms with Crippen molar-refractivity contribution in [3.63, 3.8) is 0 Å². The Morgan fingerprint density at radius 2 is 1.95 bits per heavy atom. The lowest BCUT2D eigenvalue weighted by molar-refractivity contribution is -0.384. The molecule has 1 aromatic rings. The third-order valence-electron chi connectivity index (χ3n) is 3.72. The number of anilines is 1. The van der Waals surface area contributed by atoms with Crippen LogP contribution in [0.25, 0.3) is 0 Å². The number of nitro benzene ring substituents is 1. The van der Waals surface area contributed by atoms with Gasteiger partial charge in [0.25, 0.3) is 5.69 Å². The van der Waals surface area contributed by atoms with Gasteiger partial charge in [-0.1, -0.05) is 0 Å². The minimum atomic E-state index is -4.22. The average Bonchev–Trinajstić information content (AvgIpc) is 2.45. The summed E-state index contributed by atoms with van der Waals surface area (Å²) in [5.41, 5.74) is 0.610. The summed E-state index contributed by atoms with van der Waals surface area (Å²) in [5.74, 6) is -1.35. The largest absolute Gasteiger partial charge is 0.392 e. The normalized spacial score (nSPS) is 17.0. The number of nitrogens with zero attached hydrogens (tertiary/aromatic N) is 2. The number of rotatable bonds is 3. The van der Waals surface area contributed by atoms with E-state index in [0.717, 1.165) is 0 Å². The highest BCUT2D eigenvalue weighted by atomic mass is 19.4. The monoisotopic (exact) mass is 304 g/mol. The minimum Gasteiger partial charge on any atom is -0.392 e. The number of benzene rings is 1. The number of hydrogen-bond acceptors (Lipinski definition) is 4. The van der Waals surface area contributed by atoms with E-state index in [2.05, 4.69) is 0 Å². The molecule has 0 unspecified atom stereocenters. The molecular weight excluding hydrogens is 289 g/mol. The fourth-order valence-corrected chi connectivity index (χ4v) is 2.52. The van der Waals surface area contributed by atoms with Crippen molar-refractivity contribution in [2.45, 2.75) is 25.6 Å². The minimum absolute atomic E-state index is 0.0794. The van der Waals surface area contributed by atoms with Crippen LogP contribution in [-0.4, -0.2) is 29.3 Å². The van der Waals surface area contributed by atoms with E-state index in [1.807, 2.05) is 0 Å². The standard InChI is InChI=1S/C13H15F3N2O3/c14-13(15,16)10-3-5-17(6-4-10)12-7-9(8-19)1-2-11(12)18(20)21/h1-2,7,10,19H,3-6,8H2. The molecule has 1 N–H and O–H groups in total. The topological polar surface area (TPSA) is 66.6 Å². The lowest BCUT2D eigenvalue weighted by Gasteiger charge is -2.34. The molecule has 0 saturated carbocycles. The Morgan fingerprint density at radius 1 is 1.33 bits per heavy atom. The Kier molecular flexibility index (Phi) is 4.36. The van der Waals surface area contributed by atoms with Crippen molar-refractivity contribution in [2.75, 3.05) is 18.0 Å². The highest BCUT2D eigenvalue weighted by molar-refractivity contribution is 5.64. The number of nitro groups is 1. The van der Waals surface area contributed by atoms with Crippen LogP contribution >= 0.6 is 0 Å². The predicted octanol–water partition coefficient (Wildman–Crippen LogP) is 2.87. The summed E-state index contributed by atoms with van der Waals surface area (Å²) in [7, 11) is 0. The summed E-state index contributed by atoms with van der Waals surface area (Å²) in [5, 5.41) is 20.1. The maximum absolute atomic E-state index is 12.6. The molecule has 116 valence electrons. The van der Waals surface area contributed by atoms with E-state index in [0.29, 0.717) is 5.56 Å². The summed E-state index contributed by atoms with van der Waals surface area (Å²) in [6, 6.07) is 4.17. The lowest BCUT2D eigenvalue weighted by Crippen LogP contribution is -2.39. The number of halogens is 3.